The van der Waals surface area contributed by atoms with Crippen LogP contribution in [-0.4, -0.2) is 98.0 Å². The molecule has 3 heterocycles. The second kappa shape index (κ2) is 17.7. The summed E-state index contributed by atoms with van der Waals surface area (Å²) >= 11 is 0. The minimum atomic E-state index is -1.29. The Morgan fingerprint density at radius 2 is 1.71 bits per heavy atom. The van der Waals surface area contributed by atoms with Gasteiger partial charge in [0.05, 0.1) is 25.0 Å². The standard InChI is InChI=1S/C38H54N6O6Si/c1-6-11-32(40-37(46)48-2)36(45)43-19-10-14-33(43)35-39-26-34(44(35)28-49-24-25-51(3,4)5)30-15-17-31(18-16-30)41-20-22-42(23-21-41)38(47)50-27-29-12-8-7-9-13-29/h7-9,12-13,15-18,26,32-33H,6,10-11,14,19-25,27-28H2,1-5H3,(H,40,46). The maximum absolute atomic E-state index is 13.8. The highest BCUT2D eigenvalue weighted by Gasteiger charge is 2.37. The van der Waals surface area contributed by atoms with Gasteiger partial charge < -0.3 is 38.8 Å². The summed E-state index contributed by atoms with van der Waals surface area (Å²) in [5, 5.41) is 2.74. The molecule has 3 amide bonds. The minimum absolute atomic E-state index is 0.116. The normalized spacial score (nSPS) is 17.0. The lowest BCUT2D eigenvalue weighted by Gasteiger charge is -2.35. The van der Waals surface area contributed by atoms with Crippen LogP contribution in [0.5, 0.6) is 0 Å². The number of carbonyl (C=O) groups is 3. The number of hydrogen-bond acceptors (Lipinski definition) is 8. The molecule has 13 heteroatoms. The molecule has 276 valence electrons. The van der Waals surface area contributed by atoms with Crippen molar-refractivity contribution in [3.8, 4) is 11.3 Å². The lowest BCUT2D eigenvalue weighted by Crippen LogP contribution is -2.48. The summed E-state index contributed by atoms with van der Waals surface area (Å²) in [7, 11) is 0.0146. The van der Waals surface area contributed by atoms with Crippen molar-refractivity contribution in [2.75, 3.05) is 51.3 Å². The van der Waals surface area contributed by atoms with Gasteiger partial charge in [-0.2, -0.15) is 0 Å². The van der Waals surface area contributed by atoms with Gasteiger partial charge in [0.1, 0.15) is 25.2 Å². The van der Waals surface area contributed by atoms with Crippen molar-refractivity contribution in [3.05, 3.63) is 72.2 Å². The first kappa shape index (κ1) is 37.9. The highest BCUT2D eigenvalue weighted by molar-refractivity contribution is 6.76. The summed E-state index contributed by atoms with van der Waals surface area (Å²) < 4.78 is 18.8. The lowest BCUT2D eigenvalue weighted by atomic mass is 10.1. The first-order valence-electron chi connectivity index (χ1n) is 18.2. The number of alkyl carbamates (subject to hydrolysis) is 1. The molecular formula is C38H54N6O6Si. The van der Waals surface area contributed by atoms with Crippen LogP contribution in [0, 0.1) is 0 Å². The molecule has 0 radical (unpaired) electrons. The van der Waals surface area contributed by atoms with Gasteiger partial charge in [0, 0.05) is 53.1 Å². The fourth-order valence-corrected chi connectivity index (χ4v) is 7.36. The largest absolute Gasteiger partial charge is 0.453 e. The molecule has 2 unspecified atom stereocenters. The monoisotopic (exact) mass is 718 g/mol. The van der Waals surface area contributed by atoms with Crippen LogP contribution >= 0.6 is 0 Å². The van der Waals surface area contributed by atoms with Gasteiger partial charge in [-0.25, -0.2) is 14.6 Å². The van der Waals surface area contributed by atoms with E-state index in [1.165, 1.54) is 7.11 Å². The van der Waals surface area contributed by atoms with Gasteiger partial charge in [-0.15, -0.1) is 0 Å². The number of amides is 3. The van der Waals surface area contributed by atoms with E-state index in [2.05, 4.69) is 58.7 Å². The third-order valence-corrected chi connectivity index (χ3v) is 11.3. The lowest BCUT2D eigenvalue weighted by molar-refractivity contribution is -0.134. The highest BCUT2D eigenvalue weighted by Crippen LogP contribution is 2.35. The van der Waals surface area contributed by atoms with E-state index >= 15 is 0 Å². The molecule has 0 saturated carbocycles. The number of ether oxygens (including phenoxy) is 3. The molecular weight excluding hydrogens is 665 g/mol. The Bertz CT molecular complexity index is 1590. The predicted octanol–water partition coefficient (Wildman–Crippen LogP) is 6.51. The summed E-state index contributed by atoms with van der Waals surface area (Å²) in [6, 6.07) is 18.3. The zero-order valence-corrected chi connectivity index (χ0v) is 31.8. The molecule has 2 aliphatic rings. The SMILES string of the molecule is CCCC(NC(=O)OC)C(=O)N1CCCC1c1ncc(-c2ccc(N3CCN(C(=O)OCc4ccccc4)CC3)cc2)n1COCC[Si](C)(C)C. The fourth-order valence-electron chi connectivity index (χ4n) is 6.60. The molecule has 2 aliphatic heterocycles. The van der Waals surface area contributed by atoms with Crippen LogP contribution in [0.25, 0.3) is 11.3 Å². The third kappa shape index (κ3) is 10.1. The van der Waals surface area contributed by atoms with Gasteiger partial charge >= 0.3 is 12.2 Å². The maximum Gasteiger partial charge on any atom is 0.410 e. The number of carbonyl (C=O) groups excluding carboxylic acids is 3. The van der Waals surface area contributed by atoms with Crippen LogP contribution in [0.2, 0.25) is 25.7 Å². The van der Waals surface area contributed by atoms with Crippen molar-refractivity contribution in [2.45, 2.75) is 83.7 Å². The molecule has 0 aliphatic carbocycles. The number of likely N-dealkylation sites (tertiary alicyclic amines) is 1. The number of hydrogen-bond donors (Lipinski definition) is 1. The minimum Gasteiger partial charge on any atom is -0.453 e. The van der Waals surface area contributed by atoms with Crippen molar-refractivity contribution in [3.63, 3.8) is 0 Å². The fraction of sp³-hybridized carbons (Fsp3) is 0.526. The Morgan fingerprint density at radius 3 is 2.37 bits per heavy atom. The topological polar surface area (TPSA) is 118 Å². The van der Waals surface area contributed by atoms with Crippen LogP contribution < -0.4 is 10.2 Å². The summed E-state index contributed by atoms with van der Waals surface area (Å²) in [6.07, 6.45) is 3.88. The number of methoxy groups -OCH3 is 1. The molecule has 51 heavy (non-hydrogen) atoms. The van der Waals surface area contributed by atoms with Gasteiger partial charge in [-0.1, -0.05) is 75.5 Å². The van der Waals surface area contributed by atoms with E-state index in [0.29, 0.717) is 52.5 Å². The van der Waals surface area contributed by atoms with Crippen molar-refractivity contribution in [2.24, 2.45) is 0 Å². The Morgan fingerprint density at radius 1 is 0.980 bits per heavy atom. The summed E-state index contributed by atoms with van der Waals surface area (Å²) in [6.45, 7) is 13.4. The molecule has 2 saturated heterocycles. The van der Waals surface area contributed by atoms with Crippen molar-refractivity contribution >= 4 is 31.9 Å². The van der Waals surface area contributed by atoms with E-state index in [9.17, 15) is 14.4 Å². The molecule has 0 spiro atoms. The summed E-state index contributed by atoms with van der Waals surface area (Å²) in [4.78, 5) is 49.4. The quantitative estimate of drug-likeness (QED) is 0.148. The first-order chi connectivity index (χ1) is 24.6. The number of imidazole rings is 1. The average Bonchev–Trinajstić information content (AvgIpc) is 3.79. The van der Waals surface area contributed by atoms with Crippen LogP contribution in [0.1, 0.15) is 50.0 Å². The number of rotatable bonds is 14. The number of nitrogens with zero attached hydrogens (tertiary/aromatic N) is 5. The van der Waals surface area contributed by atoms with Gasteiger partial charge in [0.25, 0.3) is 0 Å². The third-order valence-electron chi connectivity index (χ3n) is 9.56. The van der Waals surface area contributed by atoms with Crippen molar-refractivity contribution < 1.29 is 28.6 Å². The molecule has 3 aromatic rings. The van der Waals surface area contributed by atoms with Crippen molar-refractivity contribution in [1.29, 1.82) is 0 Å². The van der Waals surface area contributed by atoms with Gasteiger partial charge in [0.2, 0.25) is 5.91 Å². The van der Waals surface area contributed by atoms with Gasteiger partial charge in [0.15, 0.2) is 0 Å². The zero-order valence-electron chi connectivity index (χ0n) is 30.8. The number of piperazine rings is 1. The molecule has 2 fully saturated rings. The molecule has 12 nitrogen and oxygen atoms in total. The Balaban J connectivity index is 1.29. The Kier molecular flexibility index (Phi) is 13.2. The second-order valence-corrected chi connectivity index (χ2v) is 20.1. The second-order valence-electron chi connectivity index (χ2n) is 14.5. The first-order valence-corrected chi connectivity index (χ1v) is 21.9. The van der Waals surface area contributed by atoms with Crippen molar-refractivity contribution in [1.82, 2.24) is 24.7 Å². The molecule has 1 aromatic heterocycles. The zero-order chi connectivity index (χ0) is 36.4. The van der Waals surface area contributed by atoms with Gasteiger partial charge in [-0.05, 0) is 48.6 Å². The van der Waals surface area contributed by atoms with E-state index in [4.69, 9.17) is 19.2 Å². The van der Waals surface area contributed by atoms with Gasteiger partial charge in [-0.3, -0.25) is 4.79 Å². The number of nitrogens with one attached hydrogen (secondary N) is 1. The maximum atomic E-state index is 13.8. The molecule has 2 atom stereocenters. The molecule has 1 N–H and O–H groups in total. The smallest absolute Gasteiger partial charge is 0.410 e. The van der Waals surface area contributed by atoms with E-state index in [-0.39, 0.29) is 24.6 Å². The number of anilines is 1. The number of benzene rings is 2. The van der Waals surface area contributed by atoms with Crippen LogP contribution in [0.4, 0.5) is 15.3 Å². The van der Waals surface area contributed by atoms with Crippen LogP contribution in [0.3, 0.4) is 0 Å². The van der Waals surface area contributed by atoms with E-state index in [1.54, 1.807) is 4.90 Å². The summed E-state index contributed by atoms with van der Waals surface area (Å²) in [5.74, 6) is 0.672. The van der Waals surface area contributed by atoms with E-state index in [0.717, 1.165) is 53.6 Å². The predicted molar refractivity (Wildman–Crippen MR) is 200 cm³/mol. The molecule has 5 rings (SSSR count). The highest BCUT2D eigenvalue weighted by atomic mass is 28.3. The molecule has 0 bridgehead atoms. The van der Waals surface area contributed by atoms with E-state index in [1.807, 2.05) is 48.4 Å². The van der Waals surface area contributed by atoms with Crippen LogP contribution in [0.15, 0.2) is 60.8 Å². The number of aromatic nitrogens is 2. The Hall–Kier alpha value is -4.36. The molecule has 2 aromatic carbocycles. The summed E-state index contributed by atoms with van der Waals surface area (Å²) in [5.41, 5.74) is 3.98. The average molecular weight is 719 g/mol. The van der Waals surface area contributed by atoms with Crippen LogP contribution in [-0.2, 0) is 32.3 Å². The van der Waals surface area contributed by atoms with E-state index < -0.39 is 20.2 Å². The Labute approximate surface area is 303 Å².